The van der Waals surface area contributed by atoms with E-state index < -0.39 is 66.9 Å². The molecule has 0 spiro atoms. The van der Waals surface area contributed by atoms with Crippen LogP contribution in [0.15, 0.2) is 12.5 Å². The molecule has 3 amide bonds. The van der Waals surface area contributed by atoms with E-state index in [2.05, 4.69) is 25.9 Å². The lowest BCUT2D eigenvalue weighted by atomic mass is 10.1. The lowest BCUT2D eigenvalue weighted by Gasteiger charge is -2.24. The molecule has 0 saturated carbocycles. The number of nitrogens with zero attached hydrogens (tertiary/aromatic N) is 1. The minimum atomic E-state index is -1.52. The third kappa shape index (κ3) is 9.93. The van der Waals surface area contributed by atoms with E-state index in [1.165, 1.54) is 12.5 Å². The van der Waals surface area contributed by atoms with Crippen LogP contribution in [0.5, 0.6) is 0 Å². The summed E-state index contributed by atoms with van der Waals surface area (Å²) in [5.41, 5.74) is 11.4. The molecule has 0 saturated heterocycles. The largest absolute Gasteiger partial charge is 0.481 e. The van der Waals surface area contributed by atoms with Gasteiger partial charge < -0.3 is 47.7 Å². The second-order valence-electron chi connectivity index (χ2n) is 7.47. The van der Waals surface area contributed by atoms with Gasteiger partial charge in [-0.2, -0.15) is 0 Å². The minimum Gasteiger partial charge on any atom is -0.481 e. The van der Waals surface area contributed by atoms with Crippen molar-refractivity contribution < 1.29 is 39.3 Å². The number of carboxylic acid groups (broad SMARTS) is 2. The Balaban J connectivity index is 2.89. The van der Waals surface area contributed by atoms with Gasteiger partial charge in [-0.15, -0.1) is 0 Å². The Hall–Kier alpha value is -3.56. The number of aliphatic hydroxyl groups excluding tert-OH is 1. The monoisotopic (exact) mass is 485 g/mol. The Morgan fingerprint density at radius 3 is 2.12 bits per heavy atom. The summed E-state index contributed by atoms with van der Waals surface area (Å²) in [7, 11) is 0. The summed E-state index contributed by atoms with van der Waals surface area (Å²) in [4.78, 5) is 66.3. The van der Waals surface area contributed by atoms with Gasteiger partial charge in [-0.1, -0.05) is 0 Å². The smallest absolute Gasteiger partial charge is 0.326 e. The van der Waals surface area contributed by atoms with Crippen molar-refractivity contribution in [1.29, 1.82) is 0 Å². The van der Waals surface area contributed by atoms with Crippen LogP contribution in [-0.2, 0) is 30.4 Å². The number of aliphatic hydroxyl groups is 1. The number of aromatic nitrogens is 2. The topological polar surface area (TPSA) is 263 Å². The Kier molecular flexibility index (Phi) is 12.2. The van der Waals surface area contributed by atoms with Gasteiger partial charge in [-0.25, -0.2) is 9.78 Å². The minimum absolute atomic E-state index is 0.102. The molecule has 0 bridgehead atoms. The number of unbranched alkanes of at least 4 members (excludes halogenated alkanes) is 1. The van der Waals surface area contributed by atoms with Crippen LogP contribution < -0.4 is 27.4 Å². The summed E-state index contributed by atoms with van der Waals surface area (Å²) in [6.07, 6.45) is 3.03. The molecule has 15 nitrogen and oxygen atoms in total. The average molecular weight is 485 g/mol. The maximum absolute atomic E-state index is 12.8. The quantitative estimate of drug-likeness (QED) is 0.103. The molecule has 1 rings (SSSR count). The number of carboxylic acids is 2. The molecule has 34 heavy (non-hydrogen) atoms. The van der Waals surface area contributed by atoms with Crippen molar-refractivity contribution in [2.24, 2.45) is 11.5 Å². The molecule has 0 aliphatic carbocycles. The van der Waals surface area contributed by atoms with Crippen LogP contribution in [-0.4, -0.2) is 92.3 Å². The van der Waals surface area contributed by atoms with E-state index in [4.69, 9.17) is 16.6 Å². The molecule has 0 radical (unpaired) electrons. The number of carbonyl (C=O) groups excluding carboxylic acids is 3. The summed E-state index contributed by atoms with van der Waals surface area (Å²) in [5.74, 6) is -5.35. The van der Waals surface area contributed by atoms with Crippen molar-refractivity contribution in [3.63, 3.8) is 0 Å². The zero-order valence-electron chi connectivity index (χ0n) is 18.4. The lowest BCUT2D eigenvalue weighted by molar-refractivity contribution is -0.142. The molecule has 0 aliphatic rings. The van der Waals surface area contributed by atoms with E-state index in [9.17, 15) is 34.2 Å². The van der Waals surface area contributed by atoms with Crippen molar-refractivity contribution in [2.45, 2.75) is 56.3 Å². The van der Waals surface area contributed by atoms with E-state index in [1.54, 1.807) is 0 Å². The maximum Gasteiger partial charge on any atom is 0.326 e. The Bertz CT molecular complexity index is 833. The fourth-order valence-electron chi connectivity index (χ4n) is 2.87. The number of aliphatic carboxylic acids is 2. The Morgan fingerprint density at radius 1 is 0.971 bits per heavy atom. The Labute approximate surface area is 194 Å². The first kappa shape index (κ1) is 28.5. The van der Waals surface area contributed by atoms with Crippen LogP contribution in [0.25, 0.3) is 0 Å². The number of hydrogen-bond donors (Lipinski definition) is 9. The third-order valence-electron chi connectivity index (χ3n) is 4.72. The van der Waals surface area contributed by atoms with Gasteiger partial charge in [0.1, 0.15) is 18.1 Å². The number of rotatable bonds is 16. The molecule has 1 aromatic rings. The van der Waals surface area contributed by atoms with Gasteiger partial charge >= 0.3 is 11.9 Å². The molecule has 0 aliphatic heterocycles. The average Bonchev–Trinajstić information content (AvgIpc) is 3.28. The normalized spacial score (nSPS) is 14.3. The number of nitrogens with one attached hydrogen (secondary N) is 4. The number of hydrogen-bond acceptors (Lipinski definition) is 9. The van der Waals surface area contributed by atoms with Crippen molar-refractivity contribution in [3.05, 3.63) is 18.2 Å². The van der Waals surface area contributed by atoms with Gasteiger partial charge in [0.05, 0.1) is 25.4 Å². The molecule has 1 heterocycles. The maximum atomic E-state index is 12.8. The first-order valence-electron chi connectivity index (χ1n) is 10.5. The summed E-state index contributed by atoms with van der Waals surface area (Å²) >= 11 is 0. The first-order valence-corrected chi connectivity index (χ1v) is 10.5. The molecule has 4 atom stereocenters. The predicted molar refractivity (Wildman–Crippen MR) is 116 cm³/mol. The summed E-state index contributed by atoms with van der Waals surface area (Å²) in [6, 6.07) is -5.51. The van der Waals surface area contributed by atoms with Crippen LogP contribution >= 0.6 is 0 Å². The fraction of sp³-hybridized carbons (Fsp3) is 0.579. The molecular weight excluding hydrogens is 454 g/mol. The number of amides is 3. The number of nitrogens with two attached hydrogens (primary N) is 2. The summed E-state index contributed by atoms with van der Waals surface area (Å²) in [5, 5.41) is 34.5. The zero-order chi connectivity index (χ0) is 25.7. The lowest BCUT2D eigenvalue weighted by Crippen LogP contribution is -2.58. The second kappa shape index (κ2) is 14.6. The molecule has 1 aromatic heterocycles. The van der Waals surface area contributed by atoms with Crippen molar-refractivity contribution in [3.8, 4) is 0 Å². The van der Waals surface area contributed by atoms with Crippen molar-refractivity contribution in [2.75, 3.05) is 13.2 Å². The fourth-order valence-corrected chi connectivity index (χ4v) is 2.87. The molecule has 15 heteroatoms. The highest BCUT2D eigenvalue weighted by Gasteiger charge is 2.30. The number of H-pyrrole nitrogens is 1. The molecule has 190 valence electrons. The van der Waals surface area contributed by atoms with Crippen molar-refractivity contribution in [1.82, 2.24) is 25.9 Å². The summed E-state index contributed by atoms with van der Waals surface area (Å²) in [6.45, 7) is -0.495. The van der Waals surface area contributed by atoms with Crippen LogP contribution in [0.1, 0.15) is 31.4 Å². The van der Waals surface area contributed by atoms with Crippen LogP contribution in [0.2, 0.25) is 0 Å². The van der Waals surface area contributed by atoms with Crippen LogP contribution in [0.4, 0.5) is 0 Å². The van der Waals surface area contributed by atoms with Gasteiger partial charge in [-0.3, -0.25) is 19.2 Å². The number of imidazole rings is 1. The number of carbonyl (C=O) groups is 5. The standard InChI is InChI=1S/C19H31N7O8/c20-4-2-1-3-12(19(33)34)24-18(32)14(8-27)26-17(31)13(5-10-7-22-9-23-10)25-16(30)11(21)6-15(28)29/h7,9,11-14,27H,1-6,8,20-21H2,(H,22,23)(H,24,32)(H,25,30)(H,26,31)(H,28,29)(H,33,34). The van der Waals surface area contributed by atoms with E-state index in [-0.39, 0.29) is 12.8 Å². The highest BCUT2D eigenvalue weighted by molar-refractivity contribution is 5.94. The Morgan fingerprint density at radius 2 is 1.59 bits per heavy atom. The highest BCUT2D eigenvalue weighted by Crippen LogP contribution is 2.04. The van der Waals surface area contributed by atoms with Crippen LogP contribution in [0.3, 0.4) is 0 Å². The SMILES string of the molecule is NCCCCC(NC(=O)C(CO)NC(=O)C(Cc1cnc[nH]1)NC(=O)C(N)CC(=O)O)C(=O)O. The van der Waals surface area contributed by atoms with Gasteiger partial charge in [0, 0.05) is 18.3 Å². The second-order valence-corrected chi connectivity index (χ2v) is 7.47. The van der Waals surface area contributed by atoms with Crippen LogP contribution in [0, 0.1) is 0 Å². The highest BCUT2D eigenvalue weighted by atomic mass is 16.4. The first-order chi connectivity index (χ1) is 16.1. The molecular formula is C19H31N7O8. The van der Waals surface area contributed by atoms with Gasteiger partial charge in [0.25, 0.3) is 0 Å². The molecule has 4 unspecified atom stereocenters. The summed E-state index contributed by atoms with van der Waals surface area (Å²) < 4.78 is 0. The third-order valence-corrected chi connectivity index (χ3v) is 4.72. The van der Waals surface area contributed by atoms with E-state index in [0.29, 0.717) is 25.1 Å². The van der Waals surface area contributed by atoms with Crippen molar-refractivity contribution >= 4 is 29.7 Å². The van der Waals surface area contributed by atoms with Gasteiger partial charge in [0.2, 0.25) is 17.7 Å². The van der Waals surface area contributed by atoms with E-state index >= 15 is 0 Å². The number of aromatic amines is 1. The molecule has 0 fully saturated rings. The predicted octanol–water partition coefficient (Wildman–Crippen LogP) is -3.59. The van der Waals surface area contributed by atoms with E-state index in [1.807, 2.05) is 0 Å². The van der Waals surface area contributed by atoms with Gasteiger partial charge in [-0.05, 0) is 25.8 Å². The van der Waals surface area contributed by atoms with E-state index in [0.717, 1.165) is 0 Å². The molecule has 11 N–H and O–H groups in total. The zero-order valence-corrected chi connectivity index (χ0v) is 18.4. The molecule has 0 aromatic carbocycles. The van der Waals surface area contributed by atoms with Gasteiger partial charge in [0.15, 0.2) is 0 Å².